The van der Waals surface area contributed by atoms with Crippen molar-refractivity contribution in [1.29, 1.82) is 0 Å². The molecule has 0 aromatic carbocycles. The predicted molar refractivity (Wildman–Crippen MR) is 56.5 cm³/mol. The molecular weight excluding hydrogens is 237 g/mol. The fourth-order valence-corrected chi connectivity index (χ4v) is 0.793. The number of esters is 1. The number of carbonyl (C=O) groups is 1. The zero-order valence-corrected chi connectivity index (χ0v) is 10.6. The summed E-state index contributed by atoms with van der Waals surface area (Å²) in [7, 11) is 0. The van der Waals surface area contributed by atoms with Crippen molar-refractivity contribution in [3.63, 3.8) is 0 Å². The molecule has 0 radical (unpaired) electrons. The van der Waals surface area contributed by atoms with Crippen molar-refractivity contribution in [3.05, 3.63) is 0 Å². The van der Waals surface area contributed by atoms with E-state index in [-0.39, 0.29) is 13.2 Å². The van der Waals surface area contributed by atoms with Crippen molar-refractivity contribution in [2.24, 2.45) is 5.41 Å². The molecule has 1 atom stereocenters. The van der Waals surface area contributed by atoms with E-state index in [0.29, 0.717) is 6.42 Å². The maximum atomic E-state index is 12.0. The third-order valence-corrected chi connectivity index (χ3v) is 2.58. The van der Waals surface area contributed by atoms with Crippen LogP contribution in [-0.4, -0.2) is 31.5 Å². The first kappa shape index (κ1) is 16.2. The standard InChI is InChI=1S/C11H19F3O3/c1-5-10(3,4)9(15)17-7-6-16-8(2)11(12,13)14/h8H,5-7H2,1-4H3. The molecule has 0 saturated heterocycles. The second-order valence-electron chi connectivity index (χ2n) is 4.43. The number of carbonyl (C=O) groups excluding carboxylic acids is 1. The summed E-state index contributed by atoms with van der Waals surface area (Å²) in [5.41, 5.74) is -0.615. The Labute approximate surface area is 99.3 Å². The van der Waals surface area contributed by atoms with Crippen LogP contribution in [0.1, 0.15) is 34.1 Å². The van der Waals surface area contributed by atoms with E-state index in [1.807, 2.05) is 6.92 Å². The van der Waals surface area contributed by atoms with Crippen LogP contribution in [0.5, 0.6) is 0 Å². The lowest BCUT2D eigenvalue weighted by Crippen LogP contribution is -2.31. The fourth-order valence-electron chi connectivity index (χ4n) is 0.793. The van der Waals surface area contributed by atoms with Crippen LogP contribution in [0.15, 0.2) is 0 Å². The fraction of sp³-hybridized carbons (Fsp3) is 0.909. The quantitative estimate of drug-likeness (QED) is 0.541. The van der Waals surface area contributed by atoms with Gasteiger partial charge in [0, 0.05) is 0 Å². The second kappa shape index (κ2) is 6.23. The first-order chi connectivity index (χ1) is 7.61. The van der Waals surface area contributed by atoms with Crippen LogP contribution in [0.3, 0.4) is 0 Å². The number of rotatable bonds is 6. The number of alkyl halides is 3. The lowest BCUT2D eigenvalue weighted by molar-refractivity contribution is -0.216. The molecule has 0 saturated carbocycles. The monoisotopic (exact) mass is 256 g/mol. The molecule has 17 heavy (non-hydrogen) atoms. The molecule has 3 nitrogen and oxygen atoms in total. The Morgan fingerprint density at radius 2 is 1.76 bits per heavy atom. The minimum atomic E-state index is -4.38. The molecule has 0 aromatic rings. The first-order valence-electron chi connectivity index (χ1n) is 5.46. The van der Waals surface area contributed by atoms with Crippen molar-refractivity contribution in [1.82, 2.24) is 0 Å². The Morgan fingerprint density at radius 1 is 1.24 bits per heavy atom. The molecule has 0 aliphatic rings. The van der Waals surface area contributed by atoms with E-state index in [1.54, 1.807) is 13.8 Å². The van der Waals surface area contributed by atoms with Gasteiger partial charge in [-0.2, -0.15) is 13.2 Å². The third kappa shape index (κ3) is 5.91. The average Bonchev–Trinajstić information content (AvgIpc) is 2.22. The van der Waals surface area contributed by atoms with Crippen LogP contribution in [0.2, 0.25) is 0 Å². The van der Waals surface area contributed by atoms with E-state index in [1.165, 1.54) is 0 Å². The van der Waals surface area contributed by atoms with E-state index in [9.17, 15) is 18.0 Å². The summed E-state index contributed by atoms with van der Waals surface area (Å²) in [5.74, 6) is -0.428. The molecule has 0 rings (SSSR count). The van der Waals surface area contributed by atoms with Crippen LogP contribution in [0.4, 0.5) is 13.2 Å². The number of hydrogen-bond acceptors (Lipinski definition) is 3. The molecule has 0 heterocycles. The number of halogens is 3. The van der Waals surface area contributed by atoms with E-state index in [2.05, 4.69) is 4.74 Å². The summed E-state index contributed by atoms with van der Waals surface area (Å²) in [6.45, 7) is 5.76. The lowest BCUT2D eigenvalue weighted by Gasteiger charge is -2.21. The van der Waals surface area contributed by atoms with E-state index < -0.39 is 23.7 Å². The third-order valence-electron chi connectivity index (χ3n) is 2.58. The Balaban J connectivity index is 3.84. The van der Waals surface area contributed by atoms with Gasteiger partial charge in [0.1, 0.15) is 6.61 Å². The largest absolute Gasteiger partial charge is 0.463 e. The van der Waals surface area contributed by atoms with Crippen LogP contribution >= 0.6 is 0 Å². The van der Waals surface area contributed by atoms with Crippen molar-refractivity contribution in [3.8, 4) is 0 Å². The first-order valence-corrected chi connectivity index (χ1v) is 5.46. The van der Waals surface area contributed by atoms with Crippen LogP contribution in [-0.2, 0) is 14.3 Å². The zero-order chi connectivity index (χ0) is 13.7. The van der Waals surface area contributed by atoms with E-state index in [4.69, 9.17) is 4.74 Å². The van der Waals surface area contributed by atoms with Gasteiger partial charge in [0.25, 0.3) is 0 Å². The van der Waals surface area contributed by atoms with Crippen LogP contribution in [0.25, 0.3) is 0 Å². The number of ether oxygens (including phenoxy) is 2. The zero-order valence-electron chi connectivity index (χ0n) is 10.6. The normalized spacial score (nSPS) is 14.5. The summed E-state index contributed by atoms with van der Waals surface area (Å²) >= 11 is 0. The van der Waals surface area contributed by atoms with Gasteiger partial charge in [-0.05, 0) is 27.2 Å². The predicted octanol–water partition coefficient (Wildman–Crippen LogP) is 2.93. The molecule has 0 N–H and O–H groups in total. The maximum Gasteiger partial charge on any atom is 0.414 e. The van der Waals surface area contributed by atoms with E-state index >= 15 is 0 Å². The van der Waals surface area contributed by atoms with Gasteiger partial charge in [-0.3, -0.25) is 4.79 Å². The van der Waals surface area contributed by atoms with Gasteiger partial charge in [-0.25, -0.2) is 0 Å². The lowest BCUT2D eigenvalue weighted by atomic mass is 9.91. The molecule has 0 aliphatic heterocycles. The van der Waals surface area contributed by atoms with Gasteiger partial charge in [0.05, 0.1) is 12.0 Å². The summed E-state index contributed by atoms with van der Waals surface area (Å²) in [6, 6.07) is 0. The van der Waals surface area contributed by atoms with Crippen molar-refractivity contribution in [2.45, 2.75) is 46.4 Å². The molecule has 0 bridgehead atoms. The smallest absolute Gasteiger partial charge is 0.414 e. The van der Waals surface area contributed by atoms with Crippen molar-refractivity contribution in [2.75, 3.05) is 13.2 Å². The Bertz CT molecular complexity index is 249. The SMILES string of the molecule is CCC(C)(C)C(=O)OCCOC(C)C(F)(F)F. The molecule has 0 aromatic heterocycles. The summed E-state index contributed by atoms with van der Waals surface area (Å²) in [4.78, 5) is 11.4. The molecule has 0 spiro atoms. The maximum absolute atomic E-state index is 12.0. The topological polar surface area (TPSA) is 35.5 Å². The molecule has 0 fully saturated rings. The van der Waals surface area contributed by atoms with Gasteiger partial charge < -0.3 is 9.47 Å². The van der Waals surface area contributed by atoms with Crippen molar-refractivity contribution < 1.29 is 27.4 Å². The molecule has 1 unspecified atom stereocenters. The molecular formula is C11H19F3O3. The minimum Gasteiger partial charge on any atom is -0.463 e. The van der Waals surface area contributed by atoms with Gasteiger partial charge in [0.2, 0.25) is 0 Å². The van der Waals surface area contributed by atoms with Gasteiger partial charge in [-0.15, -0.1) is 0 Å². The average molecular weight is 256 g/mol. The highest BCUT2D eigenvalue weighted by Crippen LogP contribution is 2.23. The molecule has 0 amide bonds. The summed E-state index contributed by atoms with van der Waals surface area (Å²) < 4.78 is 45.5. The van der Waals surface area contributed by atoms with Crippen LogP contribution in [0, 0.1) is 5.41 Å². The summed E-state index contributed by atoms with van der Waals surface area (Å²) in [5, 5.41) is 0. The second-order valence-corrected chi connectivity index (χ2v) is 4.43. The molecule has 102 valence electrons. The highest BCUT2D eigenvalue weighted by atomic mass is 19.4. The highest BCUT2D eigenvalue weighted by molar-refractivity contribution is 5.75. The minimum absolute atomic E-state index is 0.164. The molecule has 6 heteroatoms. The summed E-state index contributed by atoms with van der Waals surface area (Å²) in [6.07, 6.45) is -5.63. The van der Waals surface area contributed by atoms with Gasteiger partial charge >= 0.3 is 12.1 Å². The Morgan fingerprint density at radius 3 is 2.18 bits per heavy atom. The van der Waals surface area contributed by atoms with Gasteiger partial charge in [0.15, 0.2) is 6.10 Å². The number of hydrogen-bond donors (Lipinski definition) is 0. The Kier molecular flexibility index (Phi) is 5.95. The van der Waals surface area contributed by atoms with E-state index in [0.717, 1.165) is 6.92 Å². The Hall–Kier alpha value is -0.780. The molecule has 0 aliphatic carbocycles. The van der Waals surface area contributed by atoms with Crippen molar-refractivity contribution >= 4 is 5.97 Å². The van der Waals surface area contributed by atoms with Gasteiger partial charge in [-0.1, -0.05) is 6.92 Å². The highest BCUT2D eigenvalue weighted by Gasteiger charge is 2.36. The van der Waals surface area contributed by atoms with Crippen LogP contribution < -0.4 is 0 Å².